The van der Waals surface area contributed by atoms with Crippen LogP contribution in [0.4, 0.5) is 10.1 Å². The van der Waals surface area contributed by atoms with E-state index < -0.39 is 15.8 Å². The SMILES string of the molecule is CCNC(=NCCS(=O)(=O)Nc1ccc(C)c(F)c1)N(C)CCC1CCOCC1.I. The van der Waals surface area contributed by atoms with E-state index in [9.17, 15) is 12.8 Å². The summed E-state index contributed by atoms with van der Waals surface area (Å²) in [5.74, 6) is 0.735. The van der Waals surface area contributed by atoms with Crippen LogP contribution in [0.2, 0.25) is 0 Å². The van der Waals surface area contributed by atoms with Crippen molar-refractivity contribution in [3.63, 3.8) is 0 Å². The fourth-order valence-electron chi connectivity index (χ4n) is 3.15. The first kappa shape index (κ1) is 26.9. The highest BCUT2D eigenvalue weighted by Crippen LogP contribution is 2.18. The highest BCUT2D eigenvalue weighted by molar-refractivity contribution is 14.0. The Balaban J connectivity index is 0.00000450. The fraction of sp³-hybridized carbons (Fsp3) is 0.650. The van der Waals surface area contributed by atoms with Crippen LogP contribution in [0.15, 0.2) is 23.2 Å². The van der Waals surface area contributed by atoms with Crippen LogP contribution in [0.3, 0.4) is 0 Å². The maximum absolute atomic E-state index is 13.6. The van der Waals surface area contributed by atoms with Crippen LogP contribution >= 0.6 is 24.0 Å². The van der Waals surface area contributed by atoms with Gasteiger partial charge in [-0.05, 0) is 56.7 Å². The molecule has 0 saturated carbocycles. The van der Waals surface area contributed by atoms with E-state index in [1.165, 1.54) is 6.07 Å². The normalized spacial score (nSPS) is 15.4. The monoisotopic (exact) mass is 556 g/mol. The third kappa shape index (κ3) is 9.34. The molecule has 0 spiro atoms. The number of aliphatic imine (C=N–C) groups is 1. The predicted molar refractivity (Wildman–Crippen MR) is 131 cm³/mol. The maximum atomic E-state index is 13.6. The number of nitrogens with one attached hydrogen (secondary N) is 2. The van der Waals surface area contributed by atoms with Gasteiger partial charge in [-0.1, -0.05) is 6.07 Å². The summed E-state index contributed by atoms with van der Waals surface area (Å²) >= 11 is 0. The van der Waals surface area contributed by atoms with Gasteiger partial charge in [-0.25, -0.2) is 12.8 Å². The van der Waals surface area contributed by atoms with E-state index in [4.69, 9.17) is 4.74 Å². The lowest BCUT2D eigenvalue weighted by Gasteiger charge is -2.26. The standard InChI is InChI=1S/C20H33FN4O3S.HI/c1-4-22-20(25(3)11-7-17-8-12-28-13-9-17)23-10-14-29(26,27)24-18-6-5-16(2)19(21)15-18;/h5-6,15,17,24H,4,7-14H2,1-3H3,(H,22,23);1H. The molecule has 172 valence electrons. The van der Waals surface area contributed by atoms with Gasteiger partial charge < -0.3 is 15.0 Å². The molecule has 1 fully saturated rings. The molecule has 1 aromatic carbocycles. The summed E-state index contributed by atoms with van der Waals surface area (Å²) in [5.41, 5.74) is 0.689. The Morgan fingerprint density at radius 3 is 2.67 bits per heavy atom. The number of hydrogen-bond donors (Lipinski definition) is 2. The molecule has 0 amide bonds. The maximum Gasteiger partial charge on any atom is 0.234 e. The molecule has 1 heterocycles. The average Bonchev–Trinajstić information content (AvgIpc) is 2.69. The first-order chi connectivity index (χ1) is 13.8. The van der Waals surface area contributed by atoms with Crippen molar-refractivity contribution < 1.29 is 17.5 Å². The van der Waals surface area contributed by atoms with Gasteiger partial charge in [0.05, 0.1) is 18.0 Å². The molecule has 1 aliphatic rings. The highest BCUT2D eigenvalue weighted by atomic mass is 127. The fourth-order valence-corrected chi connectivity index (χ4v) is 4.07. The van der Waals surface area contributed by atoms with E-state index in [1.54, 1.807) is 19.1 Å². The van der Waals surface area contributed by atoms with Crippen molar-refractivity contribution >= 4 is 45.6 Å². The lowest BCUT2D eigenvalue weighted by atomic mass is 9.96. The Bertz CT molecular complexity index is 786. The molecule has 2 rings (SSSR count). The van der Waals surface area contributed by atoms with Gasteiger partial charge >= 0.3 is 0 Å². The van der Waals surface area contributed by atoms with E-state index in [-0.39, 0.29) is 42.0 Å². The summed E-state index contributed by atoms with van der Waals surface area (Å²) in [5, 5.41) is 3.21. The molecule has 0 radical (unpaired) electrons. The summed E-state index contributed by atoms with van der Waals surface area (Å²) in [6.07, 6.45) is 3.24. The van der Waals surface area contributed by atoms with Crippen LogP contribution in [-0.2, 0) is 14.8 Å². The minimum Gasteiger partial charge on any atom is -0.381 e. The van der Waals surface area contributed by atoms with Crippen molar-refractivity contribution in [2.45, 2.75) is 33.1 Å². The minimum absolute atomic E-state index is 0. The van der Waals surface area contributed by atoms with Crippen molar-refractivity contribution in [2.24, 2.45) is 10.9 Å². The van der Waals surface area contributed by atoms with Gasteiger partial charge in [0.15, 0.2) is 5.96 Å². The molecule has 0 unspecified atom stereocenters. The van der Waals surface area contributed by atoms with Crippen LogP contribution in [-0.4, -0.2) is 64.9 Å². The van der Waals surface area contributed by atoms with Gasteiger partial charge in [-0.2, -0.15) is 0 Å². The molecule has 1 saturated heterocycles. The van der Waals surface area contributed by atoms with Crippen LogP contribution < -0.4 is 10.0 Å². The molecule has 0 aliphatic carbocycles. The van der Waals surface area contributed by atoms with Crippen molar-refractivity contribution in [1.82, 2.24) is 10.2 Å². The van der Waals surface area contributed by atoms with Crippen molar-refractivity contribution in [1.29, 1.82) is 0 Å². The number of aryl methyl sites for hydroxylation is 1. The second-order valence-electron chi connectivity index (χ2n) is 7.39. The first-order valence-corrected chi connectivity index (χ1v) is 11.8. The van der Waals surface area contributed by atoms with Crippen molar-refractivity contribution in [2.75, 3.05) is 50.4 Å². The van der Waals surface area contributed by atoms with Gasteiger partial charge in [-0.3, -0.25) is 9.71 Å². The van der Waals surface area contributed by atoms with E-state index in [0.717, 1.165) is 39.0 Å². The smallest absolute Gasteiger partial charge is 0.234 e. The van der Waals surface area contributed by atoms with Crippen LogP contribution in [0, 0.1) is 18.7 Å². The molecule has 10 heteroatoms. The lowest BCUT2D eigenvalue weighted by Crippen LogP contribution is -2.40. The zero-order valence-corrected chi connectivity index (χ0v) is 21.1. The second kappa shape index (κ2) is 13.3. The third-order valence-corrected chi connectivity index (χ3v) is 6.24. The Morgan fingerprint density at radius 2 is 2.03 bits per heavy atom. The third-order valence-electron chi connectivity index (χ3n) is 4.98. The molecule has 7 nitrogen and oxygen atoms in total. The van der Waals surface area contributed by atoms with Crippen molar-refractivity contribution in [3.8, 4) is 0 Å². The van der Waals surface area contributed by atoms with Gasteiger partial charge in [0.2, 0.25) is 10.0 Å². The molecule has 1 aromatic rings. The van der Waals surface area contributed by atoms with Gasteiger partial charge in [-0.15, -0.1) is 24.0 Å². The quantitative estimate of drug-likeness (QED) is 0.278. The molecule has 0 atom stereocenters. The van der Waals surface area contributed by atoms with Gasteiger partial charge in [0, 0.05) is 33.4 Å². The number of guanidine groups is 1. The highest BCUT2D eigenvalue weighted by Gasteiger charge is 2.16. The Hall–Kier alpha value is -1.14. The molecule has 1 aliphatic heterocycles. The number of anilines is 1. The van der Waals surface area contributed by atoms with Gasteiger partial charge in [0.1, 0.15) is 5.82 Å². The molecule has 30 heavy (non-hydrogen) atoms. The summed E-state index contributed by atoms with van der Waals surface area (Å²) in [4.78, 5) is 6.49. The Morgan fingerprint density at radius 1 is 1.33 bits per heavy atom. The summed E-state index contributed by atoms with van der Waals surface area (Å²) in [6, 6.07) is 4.28. The van der Waals surface area contributed by atoms with E-state index in [0.29, 0.717) is 24.0 Å². The van der Waals surface area contributed by atoms with E-state index in [1.807, 2.05) is 18.9 Å². The summed E-state index contributed by atoms with van der Waals surface area (Å²) in [7, 11) is -1.65. The molecule has 0 aromatic heterocycles. The largest absolute Gasteiger partial charge is 0.381 e. The van der Waals surface area contributed by atoms with Crippen LogP contribution in [0.25, 0.3) is 0 Å². The number of halogens is 2. The number of hydrogen-bond acceptors (Lipinski definition) is 4. The second-order valence-corrected chi connectivity index (χ2v) is 9.23. The first-order valence-electron chi connectivity index (χ1n) is 10.1. The van der Waals surface area contributed by atoms with E-state index >= 15 is 0 Å². The number of ether oxygens (including phenoxy) is 1. The van der Waals surface area contributed by atoms with Crippen molar-refractivity contribution in [3.05, 3.63) is 29.6 Å². The topological polar surface area (TPSA) is 83.0 Å². The molecular weight excluding hydrogens is 522 g/mol. The molecule has 0 bridgehead atoms. The Kier molecular flexibility index (Phi) is 11.9. The number of nitrogens with zero attached hydrogens (tertiary/aromatic N) is 2. The lowest BCUT2D eigenvalue weighted by molar-refractivity contribution is 0.0625. The minimum atomic E-state index is -3.61. The average molecular weight is 556 g/mol. The summed E-state index contributed by atoms with van der Waals surface area (Å²) in [6.45, 7) is 6.94. The predicted octanol–water partition coefficient (Wildman–Crippen LogP) is 3.21. The van der Waals surface area contributed by atoms with Crippen LogP contribution in [0.5, 0.6) is 0 Å². The van der Waals surface area contributed by atoms with Crippen LogP contribution in [0.1, 0.15) is 31.7 Å². The zero-order chi connectivity index (χ0) is 21.3. The zero-order valence-electron chi connectivity index (χ0n) is 18.0. The number of rotatable bonds is 9. The van der Waals surface area contributed by atoms with E-state index in [2.05, 4.69) is 15.0 Å². The van der Waals surface area contributed by atoms with Gasteiger partial charge in [0.25, 0.3) is 0 Å². The molecular formula is C20H34FIN4O3S. The number of benzene rings is 1. The Labute approximate surface area is 196 Å². The summed E-state index contributed by atoms with van der Waals surface area (Å²) < 4.78 is 46.0. The molecule has 2 N–H and O–H groups in total. The number of sulfonamides is 1.